The maximum absolute atomic E-state index is 12.4. The molecule has 2 N–H and O–H groups in total. The molecule has 1 aromatic heterocycles. The Morgan fingerprint density at radius 1 is 1.12 bits per heavy atom. The number of nitrogens with one attached hydrogen (secondary N) is 2. The van der Waals surface area contributed by atoms with Crippen molar-refractivity contribution >= 4 is 17.0 Å². The van der Waals surface area contributed by atoms with Crippen molar-refractivity contribution in [2.75, 3.05) is 32.9 Å². The van der Waals surface area contributed by atoms with Gasteiger partial charge in [0, 0.05) is 31.6 Å². The molecule has 7 nitrogen and oxygen atoms in total. The first-order valence-electron chi connectivity index (χ1n) is 11.2. The van der Waals surface area contributed by atoms with E-state index < -0.39 is 0 Å². The van der Waals surface area contributed by atoms with Gasteiger partial charge in [-0.1, -0.05) is 36.4 Å². The van der Waals surface area contributed by atoms with Crippen LogP contribution in [0.1, 0.15) is 36.8 Å². The summed E-state index contributed by atoms with van der Waals surface area (Å²) in [6.07, 6.45) is 0. The first kappa shape index (κ1) is 22.2. The third kappa shape index (κ3) is 5.60. The van der Waals surface area contributed by atoms with Crippen LogP contribution in [-0.2, 0) is 17.8 Å². The zero-order valence-electron chi connectivity index (χ0n) is 18.7. The van der Waals surface area contributed by atoms with Crippen LogP contribution in [0.25, 0.3) is 11.0 Å². The first-order valence-corrected chi connectivity index (χ1v) is 11.2. The number of hydrogen-bond donors (Lipinski definition) is 2. The van der Waals surface area contributed by atoms with Crippen molar-refractivity contribution in [2.24, 2.45) is 0 Å². The molecule has 1 unspecified atom stereocenters. The van der Waals surface area contributed by atoms with E-state index in [0.29, 0.717) is 30.2 Å². The van der Waals surface area contributed by atoms with Crippen molar-refractivity contribution in [1.82, 2.24) is 15.5 Å². The smallest absolute Gasteiger partial charge is 0.315 e. The van der Waals surface area contributed by atoms with Gasteiger partial charge in [-0.3, -0.25) is 4.90 Å². The Morgan fingerprint density at radius 2 is 1.88 bits per heavy atom. The van der Waals surface area contributed by atoms with E-state index >= 15 is 0 Å². The molecule has 0 radical (unpaired) electrons. The van der Waals surface area contributed by atoms with Crippen LogP contribution in [0.15, 0.2) is 52.9 Å². The van der Waals surface area contributed by atoms with Gasteiger partial charge in [0.15, 0.2) is 11.3 Å². The normalized spacial score (nSPS) is 15.4. The lowest BCUT2D eigenvalue weighted by Crippen LogP contribution is -2.36. The largest absolute Gasteiger partial charge is 0.490 e. The molecule has 0 spiro atoms. The molecule has 170 valence electrons. The molecule has 1 atom stereocenters. The van der Waals surface area contributed by atoms with Gasteiger partial charge in [-0.05, 0) is 37.1 Å². The highest BCUT2D eigenvalue weighted by atomic mass is 16.5. The fourth-order valence-corrected chi connectivity index (χ4v) is 3.82. The molecular formula is C25H31N3O4. The van der Waals surface area contributed by atoms with E-state index in [0.717, 1.165) is 43.8 Å². The number of amides is 2. The van der Waals surface area contributed by atoms with Gasteiger partial charge in [-0.2, -0.15) is 0 Å². The summed E-state index contributed by atoms with van der Waals surface area (Å²) in [5, 5.41) is 6.82. The molecule has 32 heavy (non-hydrogen) atoms. The Hall–Kier alpha value is -3.03. The summed E-state index contributed by atoms with van der Waals surface area (Å²) in [4.78, 5) is 14.8. The molecule has 2 aromatic carbocycles. The van der Waals surface area contributed by atoms with Gasteiger partial charge in [0.05, 0.1) is 25.9 Å². The number of rotatable bonds is 8. The lowest BCUT2D eigenvalue weighted by atomic mass is 10.1. The maximum Gasteiger partial charge on any atom is 0.315 e. The van der Waals surface area contributed by atoms with Crippen molar-refractivity contribution in [3.63, 3.8) is 0 Å². The summed E-state index contributed by atoms with van der Waals surface area (Å²) >= 11 is 0. The Kier molecular flexibility index (Phi) is 7.29. The fourth-order valence-electron chi connectivity index (χ4n) is 3.82. The second-order valence-corrected chi connectivity index (χ2v) is 8.01. The van der Waals surface area contributed by atoms with E-state index in [1.54, 1.807) is 0 Å². The number of nitrogens with zero attached hydrogens (tertiary/aromatic N) is 1. The Bertz CT molecular complexity index is 1030. The van der Waals surface area contributed by atoms with Gasteiger partial charge < -0.3 is 24.5 Å². The Labute approximate surface area is 188 Å². The molecule has 0 aliphatic carbocycles. The predicted molar refractivity (Wildman–Crippen MR) is 124 cm³/mol. The summed E-state index contributed by atoms with van der Waals surface area (Å²) in [5.74, 6) is 1.40. The van der Waals surface area contributed by atoms with Gasteiger partial charge in [-0.25, -0.2) is 4.79 Å². The molecule has 1 aliphatic rings. The van der Waals surface area contributed by atoms with Crippen molar-refractivity contribution in [3.8, 4) is 5.75 Å². The highest BCUT2D eigenvalue weighted by Crippen LogP contribution is 2.31. The van der Waals surface area contributed by atoms with Crippen molar-refractivity contribution in [3.05, 3.63) is 65.4 Å². The van der Waals surface area contributed by atoms with Crippen LogP contribution in [0.5, 0.6) is 5.75 Å². The number of para-hydroxylation sites is 1. The van der Waals surface area contributed by atoms with Crippen LogP contribution >= 0.6 is 0 Å². The Balaban J connectivity index is 1.28. The zero-order valence-corrected chi connectivity index (χ0v) is 18.7. The average Bonchev–Trinajstić information content (AvgIpc) is 3.25. The van der Waals surface area contributed by atoms with E-state index in [-0.39, 0.29) is 12.1 Å². The molecule has 0 bridgehead atoms. The molecule has 1 fully saturated rings. The van der Waals surface area contributed by atoms with Crippen LogP contribution in [0, 0.1) is 0 Å². The fraction of sp³-hybridized carbons (Fsp3) is 0.400. The van der Waals surface area contributed by atoms with Gasteiger partial charge in [0.25, 0.3) is 0 Å². The number of fused-ring (bicyclic) bond motifs is 1. The number of carbonyl (C=O) groups is 1. The number of benzene rings is 2. The molecule has 3 aromatic rings. The molecule has 4 rings (SSSR count). The van der Waals surface area contributed by atoms with Gasteiger partial charge in [0.1, 0.15) is 5.76 Å². The number of ether oxygens (including phenoxy) is 2. The average molecular weight is 438 g/mol. The summed E-state index contributed by atoms with van der Waals surface area (Å²) < 4.78 is 17.0. The van der Waals surface area contributed by atoms with Gasteiger partial charge in [-0.15, -0.1) is 0 Å². The standard InChI is InChI=1S/C25H31N3O4/c1-3-31-22-6-4-5-21-15-23(32-24(21)22)18(2)27-25(29)26-16-19-7-9-20(10-8-19)17-28-11-13-30-14-12-28/h4-10,15,18H,3,11-14,16-17H2,1-2H3,(H2,26,27,29). The molecular weight excluding hydrogens is 406 g/mol. The summed E-state index contributed by atoms with van der Waals surface area (Å²) in [7, 11) is 0. The molecule has 2 amide bonds. The highest BCUT2D eigenvalue weighted by molar-refractivity contribution is 5.84. The topological polar surface area (TPSA) is 76.0 Å². The minimum Gasteiger partial charge on any atom is -0.490 e. The third-order valence-electron chi connectivity index (χ3n) is 5.59. The Morgan fingerprint density at radius 3 is 2.62 bits per heavy atom. The van der Waals surface area contributed by atoms with Crippen LogP contribution in [0.3, 0.4) is 0 Å². The van der Waals surface area contributed by atoms with Gasteiger partial charge >= 0.3 is 6.03 Å². The lowest BCUT2D eigenvalue weighted by Gasteiger charge is -2.26. The van der Waals surface area contributed by atoms with Crippen LogP contribution in [0.4, 0.5) is 4.79 Å². The van der Waals surface area contributed by atoms with E-state index in [2.05, 4.69) is 39.8 Å². The molecule has 7 heteroatoms. The first-order chi connectivity index (χ1) is 15.6. The predicted octanol–water partition coefficient (Wildman–Crippen LogP) is 4.22. The summed E-state index contributed by atoms with van der Waals surface area (Å²) in [6, 6.07) is 15.6. The quantitative estimate of drug-likeness (QED) is 0.552. The molecule has 1 saturated heterocycles. The SMILES string of the molecule is CCOc1cccc2cc(C(C)NC(=O)NCc3ccc(CN4CCOCC4)cc3)oc12. The summed E-state index contributed by atoms with van der Waals surface area (Å²) in [5.41, 5.74) is 3.03. The van der Waals surface area contributed by atoms with Crippen molar-refractivity contribution in [1.29, 1.82) is 0 Å². The van der Waals surface area contributed by atoms with E-state index in [4.69, 9.17) is 13.9 Å². The maximum atomic E-state index is 12.4. The second-order valence-electron chi connectivity index (χ2n) is 8.01. The number of urea groups is 1. The minimum atomic E-state index is -0.271. The number of hydrogen-bond acceptors (Lipinski definition) is 5. The number of morpholine rings is 1. The van der Waals surface area contributed by atoms with Crippen molar-refractivity contribution < 1.29 is 18.7 Å². The van der Waals surface area contributed by atoms with Crippen LogP contribution in [-0.4, -0.2) is 43.8 Å². The van der Waals surface area contributed by atoms with Gasteiger partial charge in [0.2, 0.25) is 0 Å². The third-order valence-corrected chi connectivity index (χ3v) is 5.59. The van der Waals surface area contributed by atoms with Crippen LogP contribution in [0.2, 0.25) is 0 Å². The molecule has 1 aliphatic heterocycles. The summed E-state index contributed by atoms with van der Waals surface area (Å²) in [6.45, 7) is 9.35. The van der Waals surface area contributed by atoms with Crippen molar-refractivity contribution in [2.45, 2.75) is 33.0 Å². The second kappa shape index (κ2) is 10.5. The van der Waals surface area contributed by atoms with E-state index in [9.17, 15) is 4.79 Å². The molecule has 2 heterocycles. The van der Waals surface area contributed by atoms with E-state index in [1.807, 2.05) is 38.1 Å². The number of furan rings is 1. The van der Waals surface area contributed by atoms with Crippen LogP contribution < -0.4 is 15.4 Å². The zero-order chi connectivity index (χ0) is 22.3. The monoisotopic (exact) mass is 437 g/mol. The number of carbonyl (C=O) groups excluding carboxylic acids is 1. The minimum absolute atomic E-state index is 0.236. The highest BCUT2D eigenvalue weighted by Gasteiger charge is 2.16. The molecule has 0 saturated carbocycles. The van der Waals surface area contributed by atoms with E-state index in [1.165, 1.54) is 5.56 Å². The lowest BCUT2D eigenvalue weighted by molar-refractivity contribution is 0.0342.